The number of hydrogen-bond donors (Lipinski definition) is 0. The molecule has 0 saturated heterocycles. The Hall–Kier alpha value is 0.760. The molecule has 16 heavy (non-hydrogen) atoms. The van der Waals surface area contributed by atoms with Gasteiger partial charge < -0.3 is 0 Å². The highest BCUT2D eigenvalue weighted by Gasteiger charge is 2.03. The summed E-state index contributed by atoms with van der Waals surface area (Å²) in [5.74, 6) is 0. The van der Waals surface area contributed by atoms with Gasteiger partial charge in [-0.2, -0.15) is 0 Å². The van der Waals surface area contributed by atoms with Gasteiger partial charge in [0.1, 0.15) is 5.15 Å². The van der Waals surface area contributed by atoms with Crippen molar-refractivity contribution in [1.29, 1.82) is 0 Å². The van der Waals surface area contributed by atoms with Crippen molar-refractivity contribution in [3.05, 3.63) is 22.2 Å². The van der Waals surface area contributed by atoms with Crippen molar-refractivity contribution in [2.24, 2.45) is 0 Å². The van der Waals surface area contributed by atoms with E-state index in [2.05, 4.69) is 50.6 Å². The van der Waals surface area contributed by atoms with E-state index in [-0.39, 0.29) is 5.28 Å². The minimum atomic E-state index is -3.22. The number of nitrogens with zero attached hydrogens (tertiary/aromatic N) is 2. The van der Waals surface area contributed by atoms with Crippen molar-refractivity contribution in [2.45, 2.75) is 19.8 Å². The van der Waals surface area contributed by atoms with Gasteiger partial charge in [-0.05, 0) is 57.8 Å². The van der Waals surface area contributed by atoms with Gasteiger partial charge >= 0.3 is 5.20 Å². The molecule has 1 heterocycles. The monoisotopic (exact) mass is 342 g/mol. The van der Waals surface area contributed by atoms with Crippen LogP contribution in [0.2, 0.25) is 10.4 Å². The molecule has 0 fully saturated rings. The molecule has 0 N–H and O–H groups in total. The van der Waals surface area contributed by atoms with Crippen molar-refractivity contribution in [2.75, 3.05) is 0 Å². The largest absolute Gasteiger partial charge is 0.339 e. The smallest absolute Gasteiger partial charge is 0.271 e. The van der Waals surface area contributed by atoms with Gasteiger partial charge in [-0.15, -0.1) is 0 Å². The average Bonchev–Trinajstić information content (AvgIpc) is 1.98. The second-order valence-electron chi connectivity index (χ2n) is 2.60. The first-order valence-electron chi connectivity index (χ1n) is 4.10. The fourth-order valence-corrected chi connectivity index (χ4v) is 1.27. The summed E-state index contributed by atoms with van der Waals surface area (Å²) in [5.41, 5.74) is 0.900. The number of halogens is 5. The highest BCUT2D eigenvalue weighted by atomic mass is 36.0. The molecule has 3 nitrogen and oxygen atoms in total. The molecule has 9 heteroatoms. The quantitative estimate of drug-likeness (QED) is 0.401. The number of aryl methyl sites for hydroxylation is 1. The predicted molar refractivity (Wildman–Crippen MR) is 71.2 cm³/mol. The van der Waals surface area contributed by atoms with E-state index in [0.717, 1.165) is 18.5 Å². The first-order chi connectivity index (χ1) is 7.22. The van der Waals surface area contributed by atoms with E-state index in [1.54, 1.807) is 6.07 Å². The molecular weight excluding hydrogens is 336 g/mol. The summed E-state index contributed by atoms with van der Waals surface area (Å²) < 4.78 is 9.51. The minimum Gasteiger partial charge on any atom is -0.271 e. The molecule has 0 atom stereocenters. The maximum absolute atomic E-state index is 9.51. The summed E-state index contributed by atoms with van der Waals surface area (Å²) in [6.07, 6.45) is 1.92. The second kappa shape index (κ2) is 7.97. The van der Waals surface area contributed by atoms with Crippen LogP contribution in [0.25, 0.3) is 0 Å². The van der Waals surface area contributed by atoms with Gasteiger partial charge in [0.2, 0.25) is 5.28 Å². The van der Waals surface area contributed by atoms with Crippen molar-refractivity contribution in [3.8, 4) is 0 Å². The van der Waals surface area contributed by atoms with Crippen molar-refractivity contribution in [3.63, 3.8) is 0 Å². The maximum Gasteiger partial charge on any atom is 0.339 e. The van der Waals surface area contributed by atoms with Crippen LogP contribution in [-0.4, -0.2) is 9.97 Å². The van der Waals surface area contributed by atoms with Crippen molar-refractivity contribution in [1.82, 2.24) is 9.97 Å². The van der Waals surface area contributed by atoms with Gasteiger partial charge in [0.05, 0.1) is 0 Å². The Morgan fingerprint density at radius 2 is 1.75 bits per heavy atom. The van der Waals surface area contributed by atoms with Crippen molar-refractivity contribution >= 4 is 62.1 Å². The zero-order valence-corrected chi connectivity index (χ0v) is 12.8. The Labute approximate surface area is 118 Å². The number of aromatic nitrogens is 2. The zero-order chi connectivity index (χ0) is 12.8. The molecule has 0 saturated carbocycles. The lowest BCUT2D eigenvalue weighted by Gasteiger charge is -1.97. The highest BCUT2D eigenvalue weighted by molar-refractivity contribution is 8.24. The fourth-order valence-electron chi connectivity index (χ4n) is 0.818. The van der Waals surface area contributed by atoms with Gasteiger partial charge in [0.15, 0.2) is 0 Å². The normalized spacial score (nSPS) is 10.6. The Balaban J connectivity index is 0.000000385. The third-order valence-electron chi connectivity index (χ3n) is 1.23. The Morgan fingerprint density at radius 1 is 1.25 bits per heavy atom. The molecular formula is C7H8Cl5N2OP. The minimum absolute atomic E-state index is 0.223. The predicted octanol–water partition coefficient (Wildman–Crippen LogP) is 5.55. The lowest BCUT2D eigenvalue weighted by Crippen LogP contribution is -1.91. The van der Waals surface area contributed by atoms with Crippen LogP contribution in [0.1, 0.15) is 19.0 Å². The van der Waals surface area contributed by atoms with E-state index in [9.17, 15) is 4.57 Å². The summed E-state index contributed by atoms with van der Waals surface area (Å²) in [4.78, 5) is 7.73. The molecule has 0 bridgehead atoms. The molecule has 0 aliphatic carbocycles. The first-order valence-corrected chi connectivity index (χ1v) is 9.28. The lowest BCUT2D eigenvalue weighted by atomic mass is 10.2. The summed E-state index contributed by atoms with van der Waals surface area (Å²) in [6, 6.07) is 1.73. The highest BCUT2D eigenvalue weighted by Crippen LogP contribution is 2.61. The van der Waals surface area contributed by atoms with Crippen LogP contribution >= 0.6 is 62.1 Å². The van der Waals surface area contributed by atoms with Crippen LogP contribution in [0.5, 0.6) is 0 Å². The third kappa shape index (κ3) is 11.3. The zero-order valence-electron chi connectivity index (χ0n) is 8.13. The van der Waals surface area contributed by atoms with E-state index >= 15 is 0 Å². The van der Waals surface area contributed by atoms with Crippen LogP contribution in [-0.2, 0) is 11.0 Å². The SMILES string of the molecule is CCCc1cc(Cl)nc(Cl)n1.O=P(Cl)(Cl)Cl. The van der Waals surface area contributed by atoms with E-state index in [0.29, 0.717) is 5.15 Å². The molecule has 0 radical (unpaired) electrons. The lowest BCUT2D eigenvalue weighted by molar-refractivity contribution is 0.600. The van der Waals surface area contributed by atoms with Crippen LogP contribution in [0.3, 0.4) is 0 Å². The molecule has 1 rings (SSSR count). The van der Waals surface area contributed by atoms with Gasteiger partial charge in [-0.1, -0.05) is 24.9 Å². The Bertz CT molecular complexity index is 355. The van der Waals surface area contributed by atoms with Crippen molar-refractivity contribution < 1.29 is 4.57 Å². The summed E-state index contributed by atoms with van der Waals surface area (Å²) in [7, 11) is 0. The van der Waals surface area contributed by atoms with Gasteiger partial charge in [0.25, 0.3) is 0 Å². The molecule has 0 aliphatic heterocycles. The van der Waals surface area contributed by atoms with Crippen LogP contribution in [0.15, 0.2) is 6.07 Å². The molecule has 1 aromatic rings. The molecule has 92 valence electrons. The Morgan fingerprint density at radius 3 is 2.12 bits per heavy atom. The maximum atomic E-state index is 9.51. The molecule has 0 aromatic carbocycles. The molecule has 1 aromatic heterocycles. The van der Waals surface area contributed by atoms with Crippen LogP contribution < -0.4 is 0 Å². The van der Waals surface area contributed by atoms with Gasteiger partial charge in [0, 0.05) is 5.69 Å². The van der Waals surface area contributed by atoms with E-state index < -0.39 is 5.20 Å². The average molecular weight is 344 g/mol. The topological polar surface area (TPSA) is 42.9 Å². The van der Waals surface area contributed by atoms with E-state index in [4.69, 9.17) is 23.2 Å². The standard InChI is InChI=1S/C7H8Cl2N2.Cl3OP/c1-2-3-5-4-6(8)11-7(9)10-5;1-5(2,3)4/h4H,2-3H2,1H3;. The van der Waals surface area contributed by atoms with Crippen LogP contribution in [0.4, 0.5) is 0 Å². The summed E-state index contributed by atoms with van der Waals surface area (Å²) in [5, 5.41) is -2.59. The molecule has 0 aliphatic rings. The summed E-state index contributed by atoms with van der Waals surface area (Å²) in [6.45, 7) is 2.07. The second-order valence-corrected chi connectivity index (χ2v) is 9.96. The fraction of sp³-hybridized carbons (Fsp3) is 0.429. The third-order valence-corrected chi connectivity index (χ3v) is 1.59. The number of rotatable bonds is 2. The van der Waals surface area contributed by atoms with Crippen LogP contribution in [0, 0.1) is 0 Å². The van der Waals surface area contributed by atoms with Gasteiger partial charge in [-0.25, -0.2) is 9.97 Å². The molecule has 0 unspecified atom stereocenters. The van der Waals surface area contributed by atoms with E-state index in [1.165, 1.54) is 0 Å². The molecule has 0 spiro atoms. The molecule has 0 amide bonds. The first kappa shape index (κ1) is 16.8. The number of hydrogen-bond acceptors (Lipinski definition) is 3. The van der Waals surface area contributed by atoms with E-state index in [1.807, 2.05) is 0 Å². The van der Waals surface area contributed by atoms with Gasteiger partial charge in [-0.3, -0.25) is 4.57 Å². The Kier molecular flexibility index (Phi) is 8.35. The summed E-state index contributed by atoms with van der Waals surface area (Å²) >= 11 is 25.1.